The normalized spacial score (nSPS) is 20.5. The van der Waals surface area contributed by atoms with Crippen LogP contribution in [-0.4, -0.2) is 77.2 Å². The minimum Gasteiger partial charge on any atom is -0.392 e. The maximum atomic E-state index is 12.6. The van der Waals surface area contributed by atoms with E-state index in [-0.39, 0.29) is 36.5 Å². The van der Waals surface area contributed by atoms with Gasteiger partial charge in [0.05, 0.1) is 18.8 Å². The number of aliphatic hydroxyl groups is 1. The summed E-state index contributed by atoms with van der Waals surface area (Å²) in [5.74, 6) is 0.860. The van der Waals surface area contributed by atoms with Gasteiger partial charge in [0, 0.05) is 83.0 Å². The van der Waals surface area contributed by atoms with Crippen LogP contribution in [0.25, 0.3) is 11.1 Å². The first-order valence-electron chi connectivity index (χ1n) is 18.8. The molecule has 2 fully saturated rings. The maximum absolute atomic E-state index is 12.6. The number of rotatable bonds is 15. The van der Waals surface area contributed by atoms with Gasteiger partial charge in [-0.05, 0) is 46.7 Å². The Morgan fingerprint density at radius 3 is 2.26 bits per heavy atom. The van der Waals surface area contributed by atoms with Crippen molar-refractivity contribution in [3.8, 4) is 11.1 Å². The third-order valence-electron chi connectivity index (χ3n) is 10.2. The largest absolute Gasteiger partial charge is 0.392 e. The molecule has 4 atom stereocenters. The highest BCUT2D eigenvalue weighted by atomic mass is 16.7. The second-order valence-corrected chi connectivity index (χ2v) is 14.0. The van der Waals surface area contributed by atoms with Gasteiger partial charge < -0.3 is 30.1 Å². The van der Waals surface area contributed by atoms with E-state index in [4.69, 9.17) is 9.47 Å². The average molecular weight is 721 g/mol. The smallest absolute Gasteiger partial charge is 0.225 e. The number of ether oxygens (including phenoxy) is 2. The van der Waals surface area contributed by atoms with Crippen LogP contribution in [-0.2, 0) is 32.2 Å². The summed E-state index contributed by atoms with van der Waals surface area (Å²) in [7, 11) is 0. The highest BCUT2D eigenvalue weighted by Gasteiger charge is 2.39. The van der Waals surface area contributed by atoms with Crippen LogP contribution in [0.4, 0.5) is 5.95 Å². The van der Waals surface area contributed by atoms with E-state index in [1.165, 1.54) is 6.92 Å². The second kappa shape index (κ2) is 18.9. The lowest BCUT2D eigenvalue weighted by atomic mass is 9.89. The van der Waals surface area contributed by atoms with Gasteiger partial charge in [-0.15, -0.1) is 0 Å². The summed E-state index contributed by atoms with van der Waals surface area (Å²) < 4.78 is 13.5. The number of carbonyl (C=O) groups excluding carboxylic acids is 2. The number of amides is 2. The molecule has 0 saturated carbocycles. The first kappa shape index (κ1) is 38.1. The molecule has 3 N–H and O–H groups in total. The molecule has 11 nitrogen and oxygen atoms in total. The summed E-state index contributed by atoms with van der Waals surface area (Å²) in [5.41, 5.74) is 6.04. The summed E-state index contributed by atoms with van der Waals surface area (Å²) in [6, 6.07) is 26.4. The van der Waals surface area contributed by atoms with Crippen LogP contribution in [0.5, 0.6) is 0 Å². The zero-order valence-corrected chi connectivity index (χ0v) is 30.8. The molecule has 3 aromatic carbocycles. The van der Waals surface area contributed by atoms with Crippen LogP contribution < -0.4 is 15.5 Å². The molecule has 11 heteroatoms. The topological polar surface area (TPSA) is 129 Å². The van der Waals surface area contributed by atoms with Crippen LogP contribution >= 0.6 is 0 Å². The van der Waals surface area contributed by atoms with Crippen molar-refractivity contribution in [2.75, 3.05) is 44.2 Å². The van der Waals surface area contributed by atoms with E-state index in [1.807, 2.05) is 30.3 Å². The molecule has 280 valence electrons. The average Bonchev–Trinajstić information content (AvgIpc) is 3.20. The van der Waals surface area contributed by atoms with E-state index in [0.29, 0.717) is 19.5 Å². The SMILES string of the molecule is CC(=O)NCCCCCC(=O)NCc1ccccc1-c1ccc([C@@H]2O[C@H](CN3CCN(c4ncccn4)CC3)[C@H](C)[C@H](c3ccc(CO)cc3)O2)cc1. The molecule has 0 spiro atoms. The Labute approximate surface area is 312 Å². The highest BCUT2D eigenvalue weighted by Crippen LogP contribution is 2.42. The van der Waals surface area contributed by atoms with Crippen LogP contribution in [0.15, 0.2) is 91.3 Å². The van der Waals surface area contributed by atoms with Crippen molar-refractivity contribution in [3.63, 3.8) is 0 Å². The molecular weight excluding hydrogens is 668 g/mol. The predicted octanol–water partition coefficient (Wildman–Crippen LogP) is 5.56. The molecule has 53 heavy (non-hydrogen) atoms. The van der Waals surface area contributed by atoms with E-state index in [2.05, 4.69) is 85.9 Å². The van der Waals surface area contributed by atoms with E-state index >= 15 is 0 Å². The number of hydrogen-bond acceptors (Lipinski definition) is 9. The van der Waals surface area contributed by atoms with Crippen molar-refractivity contribution < 1.29 is 24.2 Å². The molecular formula is C42H52N6O5. The summed E-state index contributed by atoms with van der Waals surface area (Å²) in [6.07, 6.45) is 5.76. The van der Waals surface area contributed by atoms with Gasteiger partial charge in [0.25, 0.3) is 0 Å². The van der Waals surface area contributed by atoms with Crippen LogP contribution in [0.3, 0.4) is 0 Å². The van der Waals surface area contributed by atoms with Crippen molar-refractivity contribution >= 4 is 17.8 Å². The van der Waals surface area contributed by atoms with Crippen LogP contribution in [0.1, 0.15) is 74.2 Å². The first-order chi connectivity index (χ1) is 25.9. The predicted molar refractivity (Wildman–Crippen MR) is 205 cm³/mol. The van der Waals surface area contributed by atoms with Gasteiger partial charge in [-0.1, -0.05) is 86.1 Å². The number of benzene rings is 3. The monoisotopic (exact) mass is 720 g/mol. The van der Waals surface area contributed by atoms with Gasteiger partial charge in [0.1, 0.15) is 0 Å². The Hall–Kier alpha value is -4.68. The van der Waals surface area contributed by atoms with Gasteiger partial charge in [-0.3, -0.25) is 14.5 Å². The van der Waals surface area contributed by atoms with Gasteiger partial charge >= 0.3 is 0 Å². The maximum Gasteiger partial charge on any atom is 0.225 e. The Morgan fingerprint density at radius 2 is 1.55 bits per heavy atom. The lowest BCUT2D eigenvalue weighted by molar-refractivity contribution is -0.276. The highest BCUT2D eigenvalue weighted by molar-refractivity contribution is 5.76. The van der Waals surface area contributed by atoms with Crippen molar-refractivity contribution in [3.05, 3.63) is 114 Å². The molecule has 6 rings (SSSR count). The number of aliphatic hydroxyl groups excluding tert-OH is 1. The summed E-state index contributed by atoms with van der Waals surface area (Å²) in [6.45, 7) is 9.07. The van der Waals surface area contributed by atoms with Gasteiger partial charge in [-0.2, -0.15) is 0 Å². The number of hydrogen-bond donors (Lipinski definition) is 3. The molecule has 0 radical (unpaired) electrons. The minimum atomic E-state index is -0.556. The lowest BCUT2D eigenvalue weighted by Crippen LogP contribution is -2.51. The number of nitrogens with zero attached hydrogens (tertiary/aromatic N) is 4. The fourth-order valence-electron chi connectivity index (χ4n) is 7.08. The van der Waals surface area contributed by atoms with Crippen molar-refractivity contribution in [1.29, 1.82) is 0 Å². The van der Waals surface area contributed by atoms with Crippen molar-refractivity contribution in [2.45, 2.75) is 71.2 Å². The zero-order chi connectivity index (χ0) is 37.0. The third-order valence-corrected chi connectivity index (χ3v) is 10.2. The number of unbranched alkanes of at least 4 members (excludes halogenated alkanes) is 2. The lowest BCUT2D eigenvalue weighted by Gasteiger charge is -2.44. The molecule has 2 aliphatic rings. The minimum absolute atomic E-state index is 0.000306. The third kappa shape index (κ3) is 10.5. The Balaban J connectivity index is 1.11. The summed E-state index contributed by atoms with van der Waals surface area (Å²) in [5, 5.41) is 15.5. The molecule has 0 unspecified atom stereocenters. The van der Waals surface area contributed by atoms with E-state index < -0.39 is 6.29 Å². The number of carbonyl (C=O) groups is 2. The molecule has 4 aromatic rings. The molecule has 2 saturated heterocycles. The van der Waals surface area contributed by atoms with Gasteiger partial charge in [0.15, 0.2) is 6.29 Å². The second-order valence-electron chi connectivity index (χ2n) is 14.0. The van der Waals surface area contributed by atoms with Crippen LogP contribution in [0.2, 0.25) is 0 Å². The van der Waals surface area contributed by atoms with Gasteiger partial charge in [0.2, 0.25) is 17.8 Å². The number of aromatic nitrogens is 2. The molecule has 0 aliphatic carbocycles. The first-order valence-corrected chi connectivity index (χ1v) is 18.8. The molecule has 0 bridgehead atoms. The zero-order valence-electron chi connectivity index (χ0n) is 30.8. The van der Waals surface area contributed by atoms with Crippen LogP contribution in [0, 0.1) is 5.92 Å². The standard InChI is InChI=1S/C42H52N6O5/c1-30-38(28-47-23-25-48(26-24-47)42-44-21-8-22-45-42)52-41(53-40(30)34-14-12-32(29-49)13-15-34)35-18-16-33(17-19-35)37-10-6-5-9-36(37)27-46-39(51)11-4-3-7-20-43-31(2)50/h5-6,8-10,12-19,21-22,30,38,40-41,49H,3-4,7,11,20,23-29H2,1-2H3,(H,43,50)(H,46,51)/t30-,38+,40+,41+/m0/s1. The van der Waals surface area contributed by atoms with E-state index in [9.17, 15) is 14.7 Å². The number of nitrogens with one attached hydrogen (secondary N) is 2. The van der Waals surface area contributed by atoms with E-state index in [1.54, 1.807) is 12.4 Å². The number of anilines is 1. The van der Waals surface area contributed by atoms with Gasteiger partial charge in [-0.25, -0.2) is 9.97 Å². The summed E-state index contributed by atoms with van der Waals surface area (Å²) in [4.78, 5) is 37.2. The van der Waals surface area contributed by atoms with E-state index in [0.717, 1.165) is 91.3 Å². The number of piperazine rings is 1. The molecule has 3 heterocycles. The fourth-order valence-corrected chi connectivity index (χ4v) is 7.08. The van der Waals surface area contributed by atoms with Crippen molar-refractivity contribution in [2.24, 2.45) is 5.92 Å². The van der Waals surface area contributed by atoms with Crippen molar-refractivity contribution in [1.82, 2.24) is 25.5 Å². The Bertz CT molecular complexity index is 1750. The summed E-state index contributed by atoms with van der Waals surface area (Å²) >= 11 is 0. The molecule has 1 aromatic heterocycles. The Morgan fingerprint density at radius 1 is 0.830 bits per heavy atom. The fraction of sp³-hybridized carbons (Fsp3) is 0.429. The molecule has 2 amide bonds. The quantitative estimate of drug-likeness (QED) is 0.135. The Kier molecular flexibility index (Phi) is 13.6. The molecule has 2 aliphatic heterocycles.